The summed E-state index contributed by atoms with van der Waals surface area (Å²) in [4.78, 5) is 0. The number of aromatic nitrogens is 1. The molecule has 1 atom stereocenters. The summed E-state index contributed by atoms with van der Waals surface area (Å²) in [7, 11) is 0. The summed E-state index contributed by atoms with van der Waals surface area (Å²) in [5.41, 5.74) is 8.84. The van der Waals surface area contributed by atoms with E-state index in [1.165, 1.54) is 0 Å². The lowest BCUT2D eigenvalue weighted by Crippen LogP contribution is -2.29. The SMILES string of the molecule is CC1(c2ccccc2Cl)CCCc2noc(N)c21. The van der Waals surface area contributed by atoms with E-state index in [0.29, 0.717) is 5.88 Å². The zero-order valence-corrected chi connectivity index (χ0v) is 11.0. The van der Waals surface area contributed by atoms with Crippen molar-refractivity contribution in [2.75, 3.05) is 5.73 Å². The van der Waals surface area contributed by atoms with Gasteiger partial charge in [0.2, 0.25) is 5.88 Å². The summed E-state index contributed by atoms with van der Waals surface area (Å²) >= 11 is 6.34. The van der Waals surface area contributed by atoms with Crippen LogP contribution in [0.5, 0.6) is 0 Å². The second-order valence-corrected chi connectivity index (χ2v) is 5.44. The van der Waals surface area contributed by atoms with Crippen molar-refractivity contribution in [3.8, 4) is 0 Å². The van der Waals surface area contributed by atoms with Gasteiger partial charge in [0.25, 0.3) is 0 Å². The molecule has 0 amide bonds. The molecule has 2 aromatic rings. The molecule has 18 heavy (non-hydrogen) atoms. The Morgan fingerprint density at radius 3 is 2.94 bits per heavy atom. The molecule has 3 rings (SSSR count). The molecule has 1 aliphatic rings. The van der Waals surface area contributed by atoms with Gasteiger partial charge in [0, 0.05) is 16.0 Å². The van der Waals surface area contributed by atoms with E-state index in [4.69, 9.17) is 21.9 Å². The van der Waals surface area contributed by atoms with E-state index in [0.717, 1.165) is 41.1 Å². The van der Waals surface area contributed by atoms with Crippen LogP contribution >= 0.6 is 11.6 Å². The topological polar surface area (TPSA) is 52.0 Å². The monoisotopic (exact) mass is 262 g/mol. The van der Waals surface area contributed by atoms with Crippen molar-refractivity contribution in [2.24, 2.45) is 0 Å². The molecule has 1 unspecified atom stereocenters. The third kappa shape index (κ3) is 1.54. The molecule has 0 saturated carbocycles. The normalized spacial score (nSPS) is 22.8. The molecule has 1 aliphatic carbocycles. The Balaban J connectivity index is 2.23. The number of rotatable bonds is 1. The van der Waals surface area contributed by atoms with Gasteiger partial charge in [-0.2, -0.15) is 0 Å². The van der Waals surface area contributed by atoms with Crippen molar-refractivity contribution in [2.45, 2.75) is 31.6 Å². The maximum Gasteiger partial charge on any atom is 0.226 e. The molecule has 0 saturated heterocycles. The Morgan fingerprint density at radius 2 is 2.17 bits per heavy atom. The van der Waals surface area contributed by atoms with Crippen molar-refractivity contribution >= 4 is 17.5 Å². The van der Waals surface area contributed by atoms with Crippen molar-refractivity contribution in [3.05, 3.63) is 46.1 Å². The van der Waals surface area contributed by atoms with Crippen LogP contribution in [0.4, 0.5) is 5.88 Å². The number of hydrogen-bond acceptors (Lipinski definition) is 3. The van der Waals surface area contributed by atoms with Crippen molar-refractivity contribution in [1.29, 1.82) is 0 Å². The highest BCUT2D eigenvalue weighted by Crippen LogP contribution is 2.46. The number of halogens is 1. The van der Waals surface area contributed by atoms with Crippen LogP contribution < -0.4 is 5.73 Å². The fraction of sp³-hybridized carbons (Fsp3) is 0.357. The molecule has 0 fully saturated rings. The van der Waals surface area contributed by atoms with E-state index < -0.39 is 0 Å². The molecule has 0 aliphatic heterocycles. The van der Waals surface area contributed by atoms with E-state index in [2.05, 4.69) is 18.1 Å². The fourth-order valence-corrected chi connectivity index (χ4v) is 3.36. The van der Waals surface area contributed by atoms with Gasteiger partial charge in [-0.15, -0.1) is 0 Å². The first-order valence-electron chi connectivity index (χ1n) is 6.12. The van der Waals surface area contributed by atoms with Crippen molar-refractivity contribution < 1.29 is 4.52 Å². The van der Waals surface area contributed by atoms with Gasteiger partial charge in [-0.1, -0.05) is 41.9 Å². The quantitative estimate of drug-likeness (QED) is 0.855. The van der Waals surface area contributed by atoms with Crippen LogP contribution in [0.1, 0.15) is 36.6 Å². The Bertz CT molecular complexity index is 593. The third-order valence-electron chi connectivity index (χ3n) is 3.90. The summed E-state index contributed by atoms with van der Waals surface area (Å²) in [6.45, 7) is 2.17. The molecule has 1 heterocycles. The van der Waals surface area contributed by atoms with Gasteiger partial charge in [-0.3, -0.25) is 0 Å². The minimum atomic E-state index is -0.198. The van der Waals surface area contributed by atoms with Gasteiger partial charge in [0.15, 0.2) is 0 Å². The first-order valence-corrected chi connectivity index (χ1v) is 6.50. The lowest BCUT2D eigenvalue weighted by molar-refractivity contribution is 0.425. The minimum Gasteiger partial charge on any atom is -0.367 e. The van der Waals surface area contributed by atoms with Gasteiger partial charge in [-0.25, -0.2) is 0 Å². The molecule has 3 nitrogen and oxygen atoms in total. The van der Waals surface area contributed by atoms with Crippen LogP contribution in [0.15, 0.2) is 28.8 Å². The first-order chi connectivity index (χ1) is 8.63. The van der Waals surface area contributed by atoms with Crippen LogP contribution in [0.3, 0.4) is 0 Å². The van der Waals surface area contributed by atoms with Crippen LogP contribution in [0, 0.1) is 0 Å². The third-order valence-corrected chi connectivity index (χ3v) is 4.23. The molecular formula is C14H15ClN2O. The number of anilines is 1. The molecule has 4 heteroatoms. The van der Waals surface area contributed by atoms with Gasteiger partial charge in [0.1, 0.15) is 0 Å². The van der Waals surface area contributed by atoms with Gasteiger partial charge in [-0.05, 0) is 30.9 Å². The maximum absolute atomic E-state index is 6.34. The van der Waals surface area contributed by atoms with Gasteiger partial charge in [0.05, 0.1) is 5.69 Å². The molecule has 0 bridgehead atoms. The van der Waals surface area contributed by atoms with Gasteiger partial charge < -0.3 is 10.3 Å². The number of fused-ring (bicyclic) bond motifs is 1. The number of nitrogens with zero attached hydrogens (tertiary/aromatic N) is 1. The van der Waals surface area contributed by atoms with Crippen LogP contribution in [0.25, 0.3) is 0 Å². The molecule has 0 radical (unpaired) electrons. The fourth-order valence-electron chi connectivity index (χ4n) is 3.01. The predicted molar refractivity (Wildman–Crippen MR) is 71.8 cm³/mol. The Hall–Kier alpha value is -1.48. The maximum atomic E-state index is 6.34. The average molecular weight is 263 g/mol. The van der Waals surface area contributed by atoms with Crippen LogP contribution in [-0.2, 0) is 11.8 Å². The second kappa shape index (κ2) is 4.02. The Labute approximate surface area is 111 Å². The lowest BCUT2D eigenvalue weighted by atomic mass is 9.69. The number of nitrogens with two attached hydrogens (primary N) is 1. The number of nitrogen functional groups attached to an aromatic ring is 1. The predicted octanol–water partition coefficient (Wildman–Crippen LogP) is 3.55. The Kier molecular flexibility index (Phi) is 2.59. The summed E-state index contributed by atoms with van der Waals surface area (Å²) in [5, 5.41) is 4.84. The molecular weight excluding hydrogens is 248 g/mol. The summed E-state index contributed by atoms with van der Waals surface area (Å²) in [5.74, 6) is 0.423. The lowest BCUT2D eigenvalue weighted by Gasteiger charge is -2.34. The highest BCUT2D eigenvalue weighted by Gasteiger charge is 2.39. The number of aryl methyl sites for hydroxylation is 1. The molecule has 1 aromatic carbocycles. The zero-order valence-electron chi connectivity index (χ0n) is 10.2. The van der Waals surface area contributed by atoms with E-state index >= 15 is 0 Å². The molecule has 0 spiro atoms. The van der Waals surface area contributed by atoms with Crippen molar-refractivity contribution in [3.63, 3.8) is 0 Å². The molecule has 2 N–H and O–H groups in total. The van der Waals surface area contributed by atoms with Crippen LogP contribution in [0.2, 0.25) is 5.02 Å². The second-order valence-electron chi connectivity index (χ2n) is 5.03. The van der Waals surface area contributed by atoms with E-state index in [1.807, 2.05) is 18.2 Å². The number of hydrogen-bond donors (Lipinski definition) is 1. The largest absolute Gasteiger partial charge is 0.367 e. The van der Waals surface area contributed by atoms with Crippen LogP contribution in [-0.4, -0.2) is 5.16 Å². The Morgan fingerprint density at radius 1 is 1.39 bits per heavy atom. The average Bonchev–Trinajstić information content (AvgIpc) is 2.73. The molecule has 94 valence electrons. The molecule has 1 aromatic heterocycles. The first kappa shape index (κ1) is 11.6. The summed E-state index contributed by atoms with van der Waals surface area (Å²) in [6.07, 6.45) is 3.01. The summed E-state index contributed by atoms with van der Waals surface area (Å²) in [6, 6.07) is 7.92. The highest BCUT2D eigenvalue weighted by atomic mass is 35.5. The summed E-state index contributed by atoms with van der Waals surface area (Å²) < 4.78 is 5.16. The van der Waals surface area contributed by atoms with Gasteiger partial charge >= 0.3 is 0 Å². The minimum absolute atomic E-state index is 0.198. The van der Waals surface area contributed by atoms with E-state index in [-0.39, 0.29) is 5.41 Å². The highest BCUT2D eigenvalue weighted by molar-refractivity contribution is 6.31. The standard InChI is InChI=1S/C14H15ClN2O/c1-14(9-5-2-3-6-10(9)15)8-4-7-11-12(14)13(16)18-17-11/h2-3,5-6H,4,7-8,16H2,1H3. The zero-order chi connectivity index (χ0) is 12.8. The van der Waals surface area contributed by atoms with E-state index in [9.17, 15) is 0 Å². The van der Waals surface area contributed by atoms with E-state index in [1.54, 1.807) is 0 Å². The van der Waals surface area contributed by atoms with Crippen molar-refractivity contribution in [1.82, 2.24) is 5.16 Å². The number of benzene rings is 1. The smallest absolute Gasteiger partial charge is 0.226 e.